The fraction of sp³-hybridized carbons (Fsp3) is 0.226. The van der Waals surface area contributed by atoms with Gasteiger partial charge in [0.25, 0.3) is 5.91 Å². The lowest BCUT2D eigenvalue weighted by Gasteiger charge is -2.28. The molecule has 9 heteroatoms. The molecule has 1 unspecified atom stereocenters. The molecule has 0 radical (unpaired) electrons. The quantitative estimate of drug-likeness (QED) is 0.304. The third kappa shape index (κ3) is 4.99. The summed E-state index contributed by atoms with van der Waals surface area (Å²) < 4.78 is 7.17. The molecule has 5 rings (SSSR count). The van der Waals surface area contributed by atoms with Gasteiger partial charge in [0, 0.05) is 30.0 Å². The van der Waals surface area contributed by atoms with E-state index in [0.717, 1.165) is 29.9 Å². The van der Waals surface area contributed by atoms with Gasteiger partial charge in [-0.2, -0.15) is 10.2 Å². The number of hydrogen-bond donors (Lipinski definition) is 2. The zero-order chi connectivity index (χ0) is 28.2. The molecular formula is C31H31N7O2. The van der Waals surface area contributed by atoms with Crippen molar-refractivity contribution < 1.29 is 9.53 Å². The van der Waals surface area contributed by atoms with Gasteiger partial charge in [0.05, 0.1) is 30.0 Å². The van der Waals surface area contributed by atoms with E-state index in [0.29, 0.717) is 40.0 Å². The van der Waals surface area contributed by atoms with Crippen LogP contribution in [0.25, 0.3) is 11.4 Å². The van der Waals surface area contributed by atoms with Gasteiger partial charge in [-0.3, -0.25) is 4.79 Å². The van der Waals surface area contributed by atoms with Gasteiger partial charge in [-0.1, -0.05) is 24.3 Å². The van der Waals surface area contributed by atoms with E-state index in [2.05, 4.69) is 47.6 Å². The molecule has 0 saturated carbocycles. The minimum absolute atomic E-state index is 0.296. The van der Waals surface area contributed by atoms with Crippen molar-refractivity contribution in [3.05, 3.63) is 95.2 Å². The van der Waals surface area contributed by atoms with E-state index < -0.39 is 6.04 Å². The first kappa shape index (κ1) is 26.5. The Kier molecular flexibility index (Phi) is 7.51. The molecule has 0 saturated heterocycles. The van der Waals surface area contributed by atoms with Gasteiger partial charge < -0.3 is 20.3 Å². The second kappa shape index (κ2) is 11.3. The molecule has 1 amide bonds. The number of benzene rings is 3. The van der Waals surface area contributed by atoms with Crippen molar-refractivity contribution in [2.24, 2.45) is 0 Å². The van der Waals surface area contributed by atoms with Crippen molar-refractivity contribution in [2.75, 3.05) is 35.7 Å². The van der Waals surface area contributed by atoms with Crippen molar-refractivity contribution in [1.82, 2.24) is 14.8 Å². The number of nitrogens with zero attached hydrogens (tertiary/aromatic N) is 5. The lowest BCUT2D eigenvalue weighted by atomic mass is 9.94. The summed E-state index contributed by atoms with van der Waals surface area (Å²) in [5, 5.41) is 20.5. The smallest absolute Gasteiger partial charge is 0.255 e. The molecule has 2 heterocycles. The number of para-hydroxylation sites is 2. The molecule has 4 aromatic rings. The zero-order valence-electron chi connectivity index (χ0n) is 23.0. The van der Waals surface area contributed by atoms with Gasteiger partial charge in [-0.15, -0.1) is 5.10 Å². The van der Waals surface area contributed by atoms with Crippen LogP contribution < -0.4 is 20.3 Å². The van der Waals surface area contributed by atoms with Gasteiger partial charge in [-0.05, 0) is 74.9 Å². The van der Waals surface area contributed by atoms with Crippen LogP contribution in [-0.4, -0.2) is 40.9 Å². The Hall–Kier alpha value is -5.10. The summed E-state index contributed by atoms with van der Waals surface area (Å²) in [5.74, 6) is 1.34. The maximum Gasteiger partial charge on any atom is 0.255 e. The Balaban J connectivity index is 1.56. The van der Waals surface area contributed by atoms with Crippen LogP contribution in [0.4, 0.5) is 17.3 Å². The zero-order valence-corrected chi connectivity index (χ0v) is 23.0. The highest BCUT2D eigenvalue weighted by Crippen LogP contribution is 2.37. The van der Waals surface area contributed by atoms with Crippen molar-refractivity contribution in [2.45, 2.75) is 26.8 Å². The minimum atomic E-state index is -0.574. The Morgan fingerprint density at radius 3 is 2.42 bits per heavy atom. The third-order valence-electron chi connectivity index (χ3n) is 7.06. The van der Waals surface area contributed by atoms with Crippen LogP contribution in [0.1, 0.15) is 37.9 Å². The van der Waals surface area contributed by atoms with Gasteiger partial charge >= 0.3 is 0 Å². The van der Waals surface area contributed by atoms with Crippen LogP contribution in [0.3, 0.4) is 0 Å². The standard InChI is InChI=1S/C31H31N7O2/c1-5-37(6-2)24-17-15-23(16-18-24)29-35-31-33-20(3)27(30(39)34-25-9-7-8-10-26(25)40-4)28(38(31)36-29)22-13-11-21(19-32)12-14-22/h7-18,28H,5-6H2,1-4H3,(H,34,39)(H,33,35,36). The van der Waals surface area contributed by atoms with E-state index in [9.17, 15) is 10.1 Å². The van der Waals surface area contributed by atoms with Gasteiger partial charge in [-0.25, -0.2) is 4.68 Å². The monoisotopic (exact) mass is 533 g/mol. The molecule has 9 nitrogen and oxygen atoms in total. The number of ether oxygens (including phenoxy) is 1. The van der Waals surface area contributed by atoms with E-state index in [1.165, 1.54) is 0 Å². The second-order valence-electron chi connectivity index (χ2n) is 9.38. The average Bonchev–Trinajstić information content (AvgIpc) is 3.41. The van der Waals surface area contributed by atoms with Crippen LogP contribution >= 0.6 is 0 Å². The van der Waals surface area contributed by atoms with Crippen LogP contribution in [0.15, 0.2) is 84.1 Å². The number of fused-ring (bicyclic) bond motifs is 1. The Bertz CT molecular complexity index is 1590. The lowest BCUT2D eigenvalue weighted by molar-refractivity contribution is -0.113. The van der Waals surface area contributed by atoms with Crippen molar-refractivity contribution in [3.63, 3.8) is 0 Å². The maximum atomic E-state index is 13.8. The molecule has 0 spiro atoms. The number of rotatable bonds is 8. The number of amides is 1. The first-order valence-electron chi connectivity index (χ1n) is 13.2. The second-order valence-corrected chi connectivity index (χ2v) is 9.38. The SMILES string of the molecule is CCN(CC)c1ccc(-c2nc3n(n2)C(c2ccc(C#N)cc2)C(C(=O)Nc2ccccc2OC)=C(C)N3)cc1. The minimum Gasteiger partial charge on any atom is -0.495 e. The van der Waals surface area contributed by atoms with Crippen LogP contribution in [0.5, 0.6) is 5.75 Å². The fourth-order valence-electron chi connectivity index (χ4n) is 4.96. The number of nitriles is 1. The Labute approximate surface area is 233 Å². The van der Waals surface area contributed by atoms with Crippen molar-refractivity contribution in [1.29, 1.82) is 5.26 Å². The van der Waals surface area contributed by atoms with Crippen LogP contribution in [-0.2, 0) is 4.79 Å². The molecule has 1 aliphatic heterocycles. The topological polar surface area (TPSA) is 108 Å². The normalized spacial score (nSPS) is 14.1. The molecule has 0 aliphatic carbocycles. The highest BCUT2D eigenvalue weighted by Gasteiger charge is 2.34. The molecule has 2 N–H and O–H groups in total. The number of carbonyl (C=O) groups is 1. The van der Waals surface area contributed by atoms with Gasteiger partial charge in [0.1, 0.15) is 11.8 Å². The molecule has 3 aromatic carbocycles. The lowest BCUT2D eigenvalue weighted by Crippen LogP contribution is -2.31. The summed E-state index contributed by atoms with van der Waals surface area (Å²) in [6.07, 6.45) is 0. The van der Waals surface area contributed by atoms with Crippen LogP contribution in [0, 0.1) is 11.3 Å². The summed E-state index contributed by atoms with van der Waals surface area (Å²) in [4.78, 5) is 20.9. The van der Waals surface area contributed by atoms with Gasteiger partial charge in [0.2, 0.25) is 5.95 Å². The molecule has 1 aliphatic rings. The average molecular weight is 534 g/mol. The summed E-state index contributed by atoms with van der Waals surface area (Å²) in [6.45, 7) is 7.97. The molecular weight excluding hydrogens is 502 g/mol. The summed E-state index contributed by atoms with van der Waals surface area (Å²) in [7, 11) is 1.56. The Morgan fingerprint density at radius 2 is 1.77 bits per heavy atom. The molecule has 0 bridgehead atoms. The van der Waals surface area contributed by atoms with Crippen molar-refractivity contribution in [3.8, 4) is 23.2 Å². The first-order valence-corrected chi connectivity index (χ1v) is 13.2. The predicted octanol–water partition coefficient (Wildman–Crippen LogP) is 5.60. The van der Waals surface area contributed by atoms with Gasteiger partial charge in [0.15, 0.2) is 5.82 Å². The molecule has 40 heavy (non-hydrogen) atoms. The van der Waals surface area contributed by atoms with Crippen LogP contribution in [0.2, 0.25) is 0 Å². The van der Waals surface area contributed by atoms with E-state index in [1.54, 1.807) is 36.1 Å². The number of nitrogens with one attached hydrogen (secondary N) is 2. The van der Waals surface area contributed by atoms with E-state index >= 15 is 0 Å². The fourth-order valence-corrected chi connectivity index (χ4v) is 4.96. The number of carbonyl (C=O) groups excluding carboxylic acids is 1. The predicted molar refractivity (Wildman–Crippen MR) is 156 cm³/mol. The Morgan fingerprint density at radius 1 is 1.07 bits per heavy atom. The first-order chi connectivity index (χ1) is 19.5. The largest absolute Gasteiger partial charge is 0.495 e. The molecule has 0 fully saturated rings. The highest BCUT2D eigenvalue weighted by molar-refractivity contribution is 6.06. The summed E-state index contributed by atoms with van der Waals surface area (Å²) in [6, 6.07) is 24.2. The molecule has 202 valence electrons. The number of aromatic nitrogens is 3. The summed E-state index contributed by atoms with van der Waals surface area (Å²) in [5.41, 5.74) is 5.05. The number of anilines is 3. The van der Waals surface area contributed by atoms with E-state index in [4.69, 9.17) is 14.8 Å². The number of methoxy groups -OCH3 is 1. The maximum absolute atomic E-state index is 13.8. The highest BCUT2D eigenvalue weighted by atomic mass is 16.5. The van der Waals surface area contributed by atoms with E-state index in [1.807, 2.05) is 43.3 Å². The van der Waals surface area contributed by atoms with Crippen molar-refractivity contribution >= 4 is 23.2 Å². The number of allylic oxidation sites excluding steroid dienone is 1. The molecule has 1 aromatic heterocycles. The number of hydrogen-bond acceptors (Lipinski definition) is 7. The van der Waals surface area contributed by atoms with E-state index in [-0.39, 0.29) is 5.91 Å². The third-order valence-corrected chi connectivity index (χ3v) is 7.06. The summed E-state index contributed by atoms with van der Waals surface area (Å²) >= 11 is 0. The molecule has 1 atom stereocenters.